The Bertz CT molecular complexity index is 535. The van der Waals surface area contributed by atoms with Crippen molar-refractivity contribution in [3.8, 4) is 0 Å². The summed E-state index contributed by atoms with van der Waals surface area (Å²) in [7, 11) is 0. The molecule has 3 heteroatoms. The van der Waals surface area contributed by atoms with Gasteiger partial charge in [-0.15, -0.1) is 0 Å². The van der Waals surface area contributed by atoms with E-state index < -0.39 is 0 Å². The molecule has 3 fully saturated rings. The summed E-state index contributed by atoms with van der Waals surface area (Å²) < 4.78 is 0. The van der Waals surface area contributed by atoms with Crippen LogP contribution in [-0.4, -0.2) is 16.8 Å². The minimum Gasteiger partial charge on any atom is -0.399 e. The first-order chi connectivity index (χ1) is 10.2. The highest BCUT2D eigenvalue weighted by Gasteiger charge is 2.46. The van der Waals surface area contributed by atoms with Crippen LogP contribution in [0.25, 0.3) is 0 Å². The molecule has 1 aromatic carbocycles. The zero-order valence-electron chi connectivity index (χ0n) is 12.5. The zero-order chi connectivity index (χ0) is 14.4. The van der Waals surface area contributed by atoms with Gasteiger partial charge < -0.3 is 10.6 Å². The van der Waals surface area contributed by atoms with E-state index in [1.54, 1.807) is 0 Å². The molecule has 3 unspecified atom stereocenters. The molecule has 0 heterocycles. The van der Waals surface area contributed by atoms with Gasteiger partial charge in [-0.1, -0.05) is 18.6 Å². The lowest BCUT2D eigenvalue weighted by molar-refractivity contribution is -0.138. The van der Waals surface area contributed by atoms with Crippen LogP contribution >= 0.6 is 0 Å². The van der Waals surface area contributed by atoms with Gasteiger partial charge in [0.2, 0.25) is 5.91 Å². The Morgan fingerprint density at radius 2 is 1.86 bits per heavy atom. The van der Waals surface area contributed by atoms with Crippen molar-refractivity contribution in [1.82, 2.24) is 4.90 Å². The number of rotatable bonds is 4. The molecule has 0 radical (unpaired) electrons. The molecule has 3 nitrogen and oxygen atoms in total. The van der Waals surface area contributed by atoms with Crippen molar-refractivity contribution < 1.29 is 4.79 Å². The average Bonchev–Trinajstić information content (AvgIpc) is 3.11. The molecule has 3 aliphatic carbocycles. The van der Waals surface area contributed by atoms with Gasteiger partial charge >= 0.3 is 0 Å². The monoisotopic (exact) mass is 284 g/mol. The predicted octanol–water partition coefficient (Wildman–Crippen LogP) is 3.20. The van der Waals surface area contributed by atoms with Crippen LogP contribution in [0.5, 0.6) is 0 Å². The van der Waals surface area contributed by atoms with Crippen LogP contribution in [0, 0.1) is 17.8 Å². The maximum absolute atomic E-state index is 13.0. The Labute approximate surface area is 126 Å². The zero-order valence-corrected chi connectivity index (χ0v) is 12.5. The number of carbonyl (C=O) groups excluding carboxylic acids is 1. The second-order valence-electron chi connectivity index (χ2n) is 7.22. The van der Waals surface area contributed by atoms with Gasteiger partial charge in [0.05, 0.1) is 0 Å². The number of nitrogen functional groups attached to an aromatic ring is 1. The average molecular weight is 284 g/mol. The molecule has 0 aromatic heterocycles. The Balaban J connectivity index is 1.49. The quantitative estimate of drug-likeness (QED) is 0.863. The summed E-state index contributed by atoms with van der Waals surface area (Å²) >= 11 is 0. The van der Waals surface area contributed by atoms with Crippen LogP contribution in [0.1, 0.15) is 44.1 Å². The van der Waals surface area contributed by atoms with Crippen molar-refractivity contribution in [3.63, 3.8) is 0 Å². The Hall–Kier alpha value is -1.51. The summed E-state index contributed by atoms with van der Waals surface area (Å²) in [6.45, 7) is 0.762. The fraction of sp³-hybridized carbons (Fsp3) is 0.611. The highest BCUT2D eigenvalue weighted by Crippen LogP contribution is 2.49. The molecule has 0 saturated heterocycles. The van der Waals surface area contributed by atoms with E-state index in [1.165, 1.54) is 37.7 Å². The molecular weight excluding hydrogens is 260 g/mol. The van der Waals surface area contributed by atoms with Crippen molar-refractivity contribution in [2.45, 2.75) is 51.1 Å². The number of nitrogens with zero attached hydrogens (tertiary/aromatic N) is 1. The minimum atomic E-state index is 0.318. The summed E-state index contributed by atoms with van der Waals surface area (Å²) in [4.78, 5) is 15.2. The topological polar surface area (TPSA) is 46.3 Å². The molecule has 3 aliphatic rings. The second-order valence-corrected chi connectivity index (χ2v) is 7.22. The van der Waals surface area contributed by atoms with Crippen LogP contribution < -0.4 is 5.73 Å². The van der Waals surface area contributed by atoms with Gasteiger partial charge in [0, 0.05) is 24.2 Å². The van der Waals surface area contributed by atoms with Gasteiger partial charge in [-0.3, -0.25) is 4.79 Å². The van der Waals surface area contributed by atoms with E-state index in [1.807, 2.05) is 12.1 Å². The lowest BCUT2D eigenvalue weighted by Gasteiger charge is -2.29. The molecule has 1 amide bonds. The van der Waals surface area contributed by atoms with E-state index in [9.17, 15) is 4.79 Å². The lowest BCUT2D eigenvalue weighted by atomic mass is 9.87. The minimum absolute atomic E-state index is 0.318. The van der Waals surface area contributed by atoms with Crippen LogP contribution in [-0.2, 0) is 11.3 Å². The van der Waals surface area contributed by atoms with Crippen LogP contribution in [0.3, 0.4) is 0 Å². The molecule has 2 N–H and O–H groups in total. The fourth-order valence-electron chi connectivity index (χ4n) is 4.35. The first-order valence-corrected chi connectivity index (χ1v) is 8.35. The number of carbonyl (C=O) groups is 1. The fourth-order valence-corrected chi connectivity index (χ4v) is 4.35. The van der Waals surface area contributed by atoms with E-state index in [2.05, 4.69) is 17.0 Å². The maximum Gasteiger partial charge on any atom is 0.226 e. The molecule has 2 bridgehead atoms. The van der Waals surface area contributed by atoms with Gasteiger partial charge in [-0.25, -0.2) is 0 Å². The standard InChI is InChI=1S/C18H24N2O/c19-15-5-2-12(3-6-15)11-20(16-7-8-16)18(21)17-10-13-1-4-14(17)9-13/h2-3,5-6,13-14,16-17H,1,4,7-11,19H2. The lowest BCUT2D eigenvalue weighted by Crippen LogP contribution is -2.39. The molecular formula is C18H24N2O. The number of hydrogen-bond acceptors (Lipinski definition) is 2. The molecule has 3 atom stereocenters. The number of hydrogen-bond donors (Lipinski definition) is 1. The summed E-state index contributed by atoms with van der Waals surface area (Å²) in [6.07, 6.45) is 7.45. The number of anilines is 1. The smallest absolute Gasteiger partial charge is 0.226 e. The summed E-state index contributed by atoms with van der Waals surface area (Å²) in [5, 5.41) is 0. The second kappa shape index (κ2) is 5.04. The largest absolute Gasteiger partial charge is 0.399 e. The number of nitrogens with two attached hydrogens (primary N) is 1. The summed E-state index contributed by atoms with van der Waals surface area (Å²) in [5.41, 5.74) is 7.74. The Morgan fingerprint density at radius 1 is 1.10 bits per heavy atom. The van der Waals surface area contributed by atoms with Gasteiger partial charge in [0.25, 0.3) is 0 Å². The van der Waals surface area contributed by atoms with Gasteiger partial charge in [0.1, 0.15) is 0 Å². The van der Waals surface area contributed by atoms with E-state index in [-0.39, 0.29) is 0 Å². The van der Waals surface area contributed by atoms with Crippen LogP contribution in [0.4, 0.5) is 5.69 Å². The predicted molar refractivity (Wildman–Crippen MR) is 83.4 cm³/mol. The van der Waals surface area contributed by atoms with Gasteiger partial charge in [-0.05, 0) is 61.6 Å². The highest BCUT2D eigenvalue weighted by molar-refractivity contribution is 5.80. The van der Waals surface area contributed by atoms with Crippen molar-refractivity contribution >= 4 is 11.6 Å². The normalized spacial score (nSPS) is 30.6. The van der Waals surface area contributed by atoms with Crippen molar-refractivity contribution in [2.24, 2.45) is 17.8 Å². The molecule has 21 heavy (non-hydrogen) atoms. The van der Waals surface area contributed by atoms with Gasteiger partial charge in [0.15, 0.2) is 0 Å². The maximum atomic E-state index is 13.0. The Morgan fingerprint density at radius 3 is 2.43 bits per heavy atom. The molecule has 1 aromatic rings. The first-order valence-electron chi connectivity index (χ1n) is 8.35. The number of amides is 1. The third-order valence-electron chi connectivity index (χ3n) is 5.66. The van der Waals surface area contributed by atoms with E-state index in [0.29, 0.717) is 23.8 Å². The van der Waals surface area contributed by atoms with E-state index in [4.69, 9.17) is 5.73 Å². The van der Waals surface area contributed by atoms with Crippen molar-refractivity contribution in [1.29, 1.82) is 0 Å². The van der Waals surface area contributed by atoms with E-state index in [0.717, 1.165) is 24.6 Å². The molecule has 0 spiro atoms. The SMILES string of the molecule is Nc1ccc(CN(C(=O)C2CC3CCC2C3)C2CC2)cc1. The summed E-state index contributed by atoms with van der Waals surface area (Å²) in [6, 6.07) is 8.47. The Kier molecular flexibility index (Phi) is 3.16. The van der Waals surface area contributed by atoms with Crippen molar-refractivity contribution in [3.05, 3.63) is 29.8 Å². The number of benzene rings is 1. The third-order valence-corrected chi connectivity index (χ3v) is 5.66. The van der Waals surface area contributed by atoms with Crippen LogP contribution in [0.15, 0.2) is 24.3 Å². The molecule has 3 saturated carbocycles. The highest BCUT2D eigenvalue weighted by atomic mass is 16.2. The third kappa shape index (κ3) is 2.54. The van der Waals surface area contributed by atoms with Crippen molar-refractivity contribution in [2.75, 3.05) is 5.73 Å². The molecule has 0 aliphatic heterocycles. The van der Waals surface area contributed by atoms with Gasteiger partial charge in [-0.2, -0.15) is 0 Å². The van der Waals surface area contributed by atoms with Crippen LogP contribution in [0.2, 0.25) is 0 Å². The number of fused-ring (bicyclic) bond motifs is 2. The molecule has 112 valence electrons. The molecule has 4 rings (SSSR count). The summed E-state index contributed by atoms with van der Waals surface area (Å²) in [5.74, 6) is 2.26. The van der Waals surface area contributed by atoms with E-state index >= 15 is 0 Å². The first kappa shape index (κ1) is 13.2.